The average Bonchev–Trinajstić information content (AvgIpc) is 2.79. The number of nitrogens with zero attached hydrogens (tertiary/aromatic N) is 1. The van der Waals surface area contributed by atoms with Gasteiger partial charge in [-0.3, -0.25) is 4.79 Å². The summed E-state index contributed by atoms with van der Waals surface area (Å²) >= 11 is 0. The monoisotopic (exact) mass is 387 g/mol. The summed E-state index contributed by atoms with van der Waals surface area (Å²) in [6.45, 7) is 2.75. The lowest BCUT2D eigenvalue weighted by atomic mass is 9.92. The van der Waals surface area contributed by atoms with Crippen molar-refractivity contribution in [2.24, 2.45) is 0 Å². The van der Waals surface area contributed by atoms with Gasteiger partial charge in [0.05, 0.1) is 20.3 Å². The molecule has 0 saturated heterocycles. The summed E-state index contributed by atoms with van der Waals surface area (Å²) in [7, 11) is 3.28. The molecule has 0 fully saturated rings. The predicted molar refractivity (Wildman–Crippen MR) is 115 cm³/mol. The van der Waals surface area contributed by atoms with Crippen molar-refractivity contribution < 1.29 is 14.3 Å². The third kappa shape index (κ3) is 3.58. The minimum Gasteiger partial charge on any atom is -0.493 e. The van der Waals surface area contributed by atoms with Crippen LogP contribution >= 0.6 is 0 Å². The van der Waals surface area contributed by atoms with Crippen LogP contribution in [-0.4, -0.2) is 31.6 Å². The van der Waals surface area contributed by atoms with Gasteiger partial charge in [-0.1, -0.05) is 42.5 Å². The molecule has 0 radical (unpaired) electrons. The van der Waals surface area contributed by atoms with E-state index in [0.29, 0.717) is 17.9 Å². The maximum absolute atomic E-state index is 13.2. The van der Waals surface area contributed by atoms with Gasteiger partial charge in [0.15, 0.2) is 11.5 Å². The van der Waals surface area contributed by atoms with Crippen LogP contribution in [0.4, 0.5) is 0 Å². The molecule has 3 aromatic rings. The molecule has 1 heterocycles. The van der Waals surface area contributed by atoms with Crippen LogP contribution in [0.5, 0.6) is 11.5 Å². The molecule has 0 N–H and O–H groups in total. The molecule has 0 bridgehead atoms. The van der Waals surface area contributed by atoms with Crippen LogP contribution in [0, 0.1) is 0 Å². The second-order valence-corrected chi connectivity index (χ2v) is 7.27. The van der Waals surface area contributed by atoms with E-state index in [1.165, 1.54) is 5.56 Å². The molecule has 0 aliphatic carbocycles. The Morgan fingerprint density at radius 2 is 1.52 bits per heavy atom. The van der Waals surface area contributed by atoms with Gasteiger partial charge in [0, 0.05) is 12.1 Å². The quantitative estimate of drug-likeness (QED) is 0.623. The van der Waals surface area contributed by atoms with Crippen LogP contribution in [0.15, 0.2) is 66.7 Å². The summed E-state index contributed by atoms with van der Waals surface area (Å²) in [5.74, 6) is 1.48. The molecular formula is C25H25NO3. The molecule has 0 aromatic heterocycles. The molecule has 29 heavy (non-hydrogen) atoms. The maximum atomic E-state index is 13.2. The van der Waals surface area contributed by atoms with Gasteiger partial charge in [0.25, 0.3) is 5.91 Å². The van der Waals surface area contributed by atoms with Crippen molar-refractivity contribution >= 4 is 5.91 Å². The number of hydrogen-bond donors (Lipinski definition) is 0. The normalized spacial score (nSPS) is 15.6. The van der Waals surface area contributed by atoms with Crippen LogP contribution in [0.2, 0.25) is 0 Å². The van der Waals surface area contributed by atoms with E-state index in [9.17, 15) is 4.79 Å². The van der Waals surface area contributed by atoms with E-state index in [0.717, 1.165) is 28.9 Å². The third-order valence-corrected chi connectivity index (χ3v) is 5.68. The lowest BCUT2D eigenvalue weighted by molar-refractivity contribution is 0.0677. The molecule has 1 amide bonds. The summed E-state index contributed by atoms with van der Waals surface area (Å²) in [5.41, 5.74) is 5.28. The van der Waals surface area contributed by atoms with E-state index in [2.05, 4.69) is 19.1 Å². The number of methoxy groups -OCH3 is 2. The second-order valence-electron chi connectivity index (χ2n) is 7.27. The largest absolute Gasteiger partial charge is 0.493 e. The van der Waals surface area contributed by atoms with Gasteiger partial charge < -0.3 is 14.4 Å². The second kappa shape index (κ2) is 8.00. The smallest absolute Gasteiger partial charge is 0.254 e. The first-order valence-electron chi connectivity index (χ1n) is 9.83. The highest BCUT2D eigenvalue weighted by Gasteiger charge is 2.29. The topological polar surface area (TPSA) is 38.8 Å². The molecule has 1 aliphatic rings. The fraction of sp³-hybridized carbons (Fsp3) is 0.240. The number of rotatable bonds is 4. The predicted octanol–water partition coefficient (Wildman–Crippen LogP) is 5.13. The first-order chi connectivity index (χ1) is 14.1. The highest BCUT2D eigenvalue weighted by molar-refractivity contribution is 5.95. The number of carbonyl (C=O) groups is 1. The molecule has 4 nitrogen and oxygen atoms in total. The summed E-state index contributed by atoms with van der Waals surface area (Å²) in [6.07, 6.45) is 0.799. The number of ether oxygens (including phenoxy) is 2. The van der Waals surface area contributed by atoms with E-state index in [-0.39, 0.29) is 11.9 Å². The Hall–Kier alpha value is -3.27. The maximum Gasteiger partial charge on any atom is 0.254 e. The Bertz CT molecular complexity index is 1010. The van der Waals surface area contributed by atoms with Gasteiger partial charge in [-0.25, -0.2) is 0 Å². The van der Waals surface area contributed by atoms with Gasteiger partial charge in [-0.2, -0.15) is 0 Å². The van der Waals surface area contributed by atoms with Crippen molar-refractivity contribution in [2.75, 3.05) is 20.8 Å². The van der Waals surface area contributed by atoms with Crippen molar-refractivity contribution in [1.29, 1.82) is 0 Å². The Morgan fingerprint density at radius 3 is 2.17 bits per heavy atom. The molecule has 4 heteroatoms. The van der Waals surface area contributed by atoms with Gasteiger partial charge in [0.2, 0.25) is 0 Å². The Kier molecular flexibility index (Phi) is 5.26. The van der Waals surface area contributed by atoms with E-state index >= 15 is 0 Å². The minimum atomic E-state index is -0.0279. The summed E-state index contributed by atoms with van der Waals surface area (Å²) < 4.78 is 10.9. The van der Waals surface area contributed by atoms with Crippen molar-refractivity contribution in [3.63, 3.8) is 0 Å². The molecule has 3 aromatic carbocycles. The summed E-state index contributed by atoms with van der Waals surface area (Å²) in [4.78, 5) is 15.2. The fourth-order valence-corrected chi connectivity index (χ4v) is 4.02. The van der Waals surface area contributed by atoms with Crippen molar-refractivity contribution in [2.45, 2.75) is 19.4 Å². The molecule has 4 rings (SSSR count). The standard InChI is InChI=1S/C25H25NO3/c1-17-22-16-24(29-3)23(28-2)15-21(22)13-14-26(17)25(27)20-11-9-19(10-12-20)18-7-5-4-6-8-18/h4-12,15-17H,13-14H2,1-3H3. The lowest BCUT2D eigenvalue weighted by Gasteiger charge is -2.36. The molecular weight excluding hydrogens is 362 g/mol. The Morgan fingerprint density at radius 1 is 0.897 bits per heavy atom. The van der Waals surface area contributed by atoms with E-state index < -0.39 is 0 Å². The first kappa shape index (κ1) is 19.1. The molecule has 0 spiro atoms. The summed E-state index contributed by atoms with van der Waals surface area (Å²) in [6, 6.07) is 22.0. The third-order valence-electron chi connectivity index (χ3n) is 5.68. The van der Waals surface area contributed by atoms with Crippen LogP contribution in [0.1, 0.15) is 34.5 Å². The lowest BCUT2D eigenvalue weighted by Crippen LogP contribution is -2.38. The average molecular weight is 387 g/mol. The molecule has 0 saturated carbocycles. The molecule has 1 unspecified atom stereocenters. The van der Waals surface area contributed by atoms with Crippen molar-refractivity contribution in [1.82, 2.24) is 4.90 Å². The highest BCUT2D eigenvalue weighted by Crippen LogP contribution is 2.38. The zero-order valence-electron chi connectivity index (χ0n) is 17.0. The SMILES string of the molecule is COc1cc2c(cc1OC)C(C)N(C(=O)c1ccc(-c3ccccc3)cc1)CC2. The van der Waals surface area contributed by atoms with Crippen LogP contribution in [0.25, 0.3) is 11.1 Å². The minimum absolute atomic E-state index is 0.0279. The molecule has 1 aliphatic heterocycles. The molecule has 1 atom stereocenters. The van der Waals surface area contributed by atoms with Gasteiger partial charge in [0.1, 0.15) is 0 Å². The van der Waals surface area contributed by atoms with Crippen molar-refractivity contribution in [3.05, 3.63) is 83.4 Å². The highest BCUT2D eigenvalue weighted by atomic mass is 16.5. The number of hydrogen-bond acceptors (Lipinski definition) is 3. The zero-order chi connectivity index (χ0) is 20.4. The molecule has 148 valence electrons. The van der Waals surface area contributed by atoms with E-state index in [1.807, 2.05) is 59.5 Å². The van der Waals surface area contributed by atoms with E-state index in [4.69, 9.17) is 9.47 Å². The number of fused-ring (bicyclic) bond motifs is 1. The van der Waals surface area contributed by atoms with Gasteiger partial charge in [-0.05, 0) is 59.9 Å². The van der Waals surface area contributed by atoms with Gasteiger partial charge >= 0.3 is 0 Å². The fourth-order valence-electron chi connectivity index (χ4n) is 4.02. The van der Waals surface area contributed by atoms with Crippen LogP contribution in [0.3, 0.4) is 0 Å². The number of carbonyl (C=O) groups excluding carboxylic acids is 1. The van der Waals surface area contributed by atoms with Crippen LogP contribution in [-0.2, 0) is 6.42 Å². The van der Waals surface area contributed by atoms with E-state index in [1.54, 1.807) is 14.2 Å². The number of benzene rings is 3. The van der Waals surface area contributed by atoms with Gasteiger partial charge in [-0.15, -0.1) is 0 Å². The van der Waals surface area contributed by atoms with Crippen molar-refractivity contribution in [3.8, 4) is 22.6 Å². The first-order valence-corrected chi connectivity index (χ1v) is 9.83. The zero-order valence-corrected chi connectivity index (χ0v) is 17.0. The Balaban J connectivity index is 1.58. The summed E-state index contributed by atoms with van der Waals surface area (Å²) in [5, 5.41) is 0. The Labute approximate surface area is 171 Å². The van der Waals surface area contributed by atoms with Crippen LogP contribution < -0.4 is 9.47 Å². The number of amides is 1.